The van der Waals surface area contributed by atoms with Gasteiger partial charge >= 0.3 is 5.97 Å². The third-order valence-corrected chi connectivity index (χ3v) is 5.45. The first kappa shape index (κ1) is 19.3. The number of hydrogen-bond donors (Lipinski definition) is 0. The van der Waals surface area contributed by atoms with Crippen molar-refractivity contribution in [2.75, 3.05) is 18.8 Å². The summed E-state index contributed by atoms with van der Waals surface area (Å²) < 4.78 is 21.5. The minimum atomic E-state index is -0.444. The summed E-state index contributed by atoms with van der Waals surface area (Å²) in [7, 11) is 1.48. The Kier molecular flexibility index (Phi) is 5.16. The second-order valence-corrected chi connectivity index (χ2v) is 7.73. The third-order valence-electron chi connectivity index (χ3n) is 4.15. The number of hydrogen-bond acceptors (Lipinski definition) is 8. The molecule has 0 bridgehead atoms. The van der Waals surface area contributed by atoms with E-state index in [4.69, 9.17) is 31.2 Å². The van der Waals surface area contributed by atoms with E-state index in [9.17, 15) is 9.59 Å². The molecule has 0 atom stereocenters. The fourth-order valence-corrected chi connectivity index (χ4v) is 4.18. The monoisotopic (exact) mass is 429 g/mol. The van der Waals surface area contributed by atoms with Crippen LogP contribution in [0.15, 0.2) is 41.3 Å². The third kappa shape index (κ3) is 3.79. The highest BCUT2D eigenvalue weighted by Gasteiger charge is 2.34. The number of anilines is 1. The van der Waals surface area contributed by atoms with Crippen LogP contribution in [0.3, 0.4) is 0 Å². The van der Waals surface area contributed by atoms with Crippen LogP contribution in [0.25, 0.3) is 6.08 Å². The van der Waals surface area contributed by atoms with Gasteiger partial charge in [0.15, 0.2) is 27.3 Å². The van der Waals surface area contributed by atoms with E-state index >= 15 is 0 Å². The van der Waals surface area contributed by atoms with E-state index in [1.54, 1.807) is 42.5 Å². The normalized spacial score (nSPS) is 16.5. The lowest BCUT2D eigenvalue weighted by Crippen LogP contribution is -2.27. The largest absolute Gasteiger partial charge is 0.493 e. The van der Waals surface area contributed by atoms with Crippen molar-refractivity contribution in [3.05, 3.63) is 46.9 Å². The minimum absolute atomic E-state index is 0.155. The Bertz CT molecular complexity index is 1060. The van der Waals surface area contributed by atoms with Gasteiger partial charge in [-0.25, -0.2) is 0 Å². The van der Waals surface area contributed by atoms with Gasteiger partial charge in [-0.15, -0.1) is 0 Å². The van der Waals surface area contributed by atoms with Crippen LogP contribution in [0.5, 0.6) is 23.0 Å². The molecule has 0 aromatic heterocycles. The summed E-state index contributed by atoms with van der Waals surface area (Å²) in [6.45, 7) is 1.47. The van der Waals surface area contributed by atoms with Crippen molar-refractivity contribution in [2.45, 2.75) is 6.92 Å². The highest BCUT2D eigenvalue weighted by molar-refractivity contribution is 8.27. The number of methoxy groups -OCH3 is 1. The van der Waals surface area contributed by atoms with Gasteiger partial charge in [-0.2, -0.15) is 0 Å². The number of esters is 1. The lowest BCUT2D eigenvalue weighted by Gasteiger charge is -2.14. The lowest BCUT2D eigenvalue weighted by molar-refractivity contribution is -0.132. The molecule has 2 heterocycles. The molecule has 0 spiro atoms. The SMILES string of the molecule is COc1cc(/C=C2\SC(=S)N(c3ccc4c(c3)OCO4)C2=O)ccc1OC(C)=O. The van der Waals surface area contributed by atoms with Crippen molar-refractivity contribution in [3.63, 3.8) is 0 Å². The van der Waals surface area contributed by atoms with Gasteiger partial charge in [-0.05, 0) is 35.9 Å². The fourth-order valence-electron chi connectivity index (χ4n) is 2.88. The van der Waals surface area contributed by atoms with Crippen LogP contribution in [0.4, 0.5) is 5.69 Å². The van der Waals surface area contributed by atoms with Gasteiger partial charge in [-0.1, -0.05) is 30.0 Å². The van der Waals surface area contributed by atoms with Gasteiger partial charge in [0, 0.05) is 13.0 Å². The van der Waals surface area contributed by atoms with E-state index in [0.717, 1.165) is 0 Å². The summed E-state index contributed by atoms with van der Waals surface area (Å²) in [5, 5.41) is 0. The smallest absolute Gasteiger partial charge is 0.308 e. The Morgan fingerprint density at radius 1 is 1.17 bits per heavy atom. The van der Waals surface area contributed by atoms with Crippen LogP contribution < -0.4 is 23.8 Å². The molecule has 2 aromatic rings. The molecule has 1 amide bonds. The predicted octanol–water partition coefficient (Wildman–Crippen LogP) is 3.76. The molecule has 7 nitrogen and oxygen atoms in total. The molecule has 0 saturated carbocycles. The molecule has 1 fully saturated rings. The Balaban J connectivity index is 1.61. The number of nitrogens with zero attached hydrogens (tertiary/aromatic N) is 1. The zero-order valence-electron chi connectivity index (χ0n) is 15.5. The molecule has 4 rings (SSSR count). The van der Waals surface area contributed by atoms with E-state index in [2.05, 4.69) is 0 Å². The second kappa shape index (κ2) is 7.76. The molecule has 0 N–H and O–H groups in total. The Morgan fingerprint density at radius 3 is 2.72 bits per heavy atom. The highest BCUT2D eigenvalue weighted by Crippen LogP contribution is 2.41. The molecule has 148 valence electrons. The topological polar surface area (TPSA) is 74.3 Å². The van der Waals surface area contributed by atoms with Crippen LogP contribution in [-0.4, -0.2) is 30.1 Å². The van der Waals surface area contributed by atoms with Crippen LogP contribution in [0.1, 0.15) is 12.5 Å². The summed E-state index contributed by atoms with van der Waals surface area (Å²) in [5.41, 5.74) is 1.33. The highest BCUT2D eigenvalue weighted by atomic mass is 32.2. The maximum absolute atomic E-state index is 13.0. The number of carbonyl (C=O) groups excluding carboxylic acids is 2. The predicted molar refractivity (Wildman–Crippen MR) is 113 cm³/mol. The maximum Gasteiger partial charge on any atom is 0.308 e. The van der Waals surface area contributed by atoms with E-state index in [1.165, 1.54) is 30.7 Å². The summed E-state index contributed by atoms with van der Waals surface area (Å²) in [5.74, 6) is 1.23. The standard InChI is InChI=1S/C20H15NO6S2/c1-11(22)27-15-5-3-12(7-16(15)24-2)8-18-19(23)21(20(28)29-18)13-4-6-14-17(9-13)26-10-25-14/h3-9H,10H2,1-2H3/b18-8-. The number of thiocarbonyl (C=S) groups is 1. The van der Waals surface area contributed by atoms with Gasteiger partial charge in [-0.3, -0.25) is 14.5 Å². The van der Waals surface area contributed by atoms with Gasteiger partial charge in [0.2, 0.25) is 6.79 Å². The summed E-state index contributed by atoms with van der Waals surface area (Å²) in [4.78, 5) is 26.1. The van der Waals surface area contributed by atoms with Crippen molar-refractivity contribution in [1.82, 2.24) is 0 Å². The van der Waals surface area contributed by atoms with E-state index in [0.29, 0.717) is 43.5 Å². The lowest BCUT2D eigenvalue weighted by atomic mass is 10.1. The number of ether oxygens (including phenoxy) is 4. The van der Waals surface area contributed by atoms with E-state index in [-0.39, 0.29) is 12.7 Å². The molecule has 29 heavy (non-hydrogen) atoms. The van der Waals surface area contributed by atoms with Crippen LogP contribution >= 0.6 is 24.0 Å². The molecule has 2 aliphatic rings. The number of benzene rings is 2. The molecular formula is C20H15NO6S2. The van der Waals surface area contributed by atoms with Crippen LogP contribution in [0.2, 0.25) is 0 Å². The van der Waals surface area contributed by atoms with E-state index < -0.39 is 5.97 Å². The first-order valence-corrected chi connectivity index (χ1v) is 9.73. The molecule has 0 unspecified atom stereocenters. The molecule has 2 aliphatic heterocycles. The zero-order chi connectivity index (χ0) is 20.5. The molecule has 9 heteroatoms. The average Bonchev–Trinajstić information content (AvgIpc) is 3.26. The van der Waals surface area contributed by atoms with Gasteiger partial charge < -0.3 is 18.9 Å². The minimum Gasteiger partial charge on any atom is -0.493 e. The number of thioether (sulfide) groups is 1. The number of rotatable bonds is 4. The van der Waals surface area contributed by atoms with Gasteiger partial charge in [0.1, 0.15) is 0 Å². The van der Waals surface area contributed by atoms with Crippen molar-refractivity contribution in [1.29, 1.82) is 0 Å². The molecule has 0 aliphatic carbocycles. The quantitative estimate of drug-likeness (QED) is 0.315. The Labute approximate surface area is 176 Å². The fraction of sp³-hybridized carbons (Fsp3) is 0.150. The first-order chi connectivity index (χ1) is 14.0. The average molecular weight is 429 g/mol. The summed E-state index contributed by atoms with van der Waals surface area (Å²) in [6, 6.07) is 10.3. The molecule has 2 aromatic carbocycles. The van der Waals surface area contributed by atoms with Gasteiger partial charge in [0.05, 0.1) is 17.7 Å². The van der Waals surface area contributed by atoms with Gasteiger partial charge in [0.25, 0.3) is 5.91 Å². The number of fused-ring (bicyclic) bond motifs is 1. The Hall–Kier alpha value is -3.04. The number of carbonyl (C=O) groups is 2. The van der Waals surface area contributed by atoms with E-state index in [1.807, 2.05) is 0 Å². The first-order valence-electron chi connectivity index (χ1n) is 8.50. The van der Waals surface area contributed by atoms with Crippen LogP contribution in [0, 0.1) is 0 Å². The Morgan fingerprint density at radius 2 is 1.97 bits per heavy atom. The van der Waals surface area contributed by atoms with Crippen LogP contribution in [-0.2, 0) is 9.59 Å². The molecule has 1 saturated heterocycles. The van der Waals surface area contributed by atoms with Crippen molar-refractivity contribution in [2.24, 2.45) is 0 Å². The summed E-state index contributed by atoms with van der Waals surface area (Å²) >= 11 is 6.61. The van der Waals surface area contributed by atoms with Crippen molar-refractivity contribution < 1.29 is 28.5 Å². The van der Waals surface area contributed by atoms with Crippen molar-refractivity contribution >= 4 is 51.9 Å². The van der Waals surface area contributed by atoms with Crippen molar-refractivity contribution in [3.8, 4) is 23.0 Å². The second-order valence-electron chi connectivity index (χ2n) is 6.06. The maximum atomic E-state index is 13.0. The zero-order valence-corrected chi connectivity index (χ0v) is 17.1. The molecule has 0 radical (unpaired) electrons. The number of amides is 1. The molecular weight excluding hydrogens is 414 g/mol. The summed E-state index contributed by atoms with van der Waals surface area (Å²) in [6.07, 6.45) is 1.71.